The lowest BCUT2D eigenvalue weighted by Crippen LogP contribution is -2.39. The van der Waals surface area contributed by atoms with Gasteiger partial charge in [0.25, 0.3) is 0 Å². The quantitative estimate of drug-likeness (QED) is 0.733. The fourth-order valence-corrected chi connectivity index (χ4v) is 3.55. The van der Waals surface area contributed by atoms with Gasteiger partial charge >= 0.3 is 5.97 Å². The Hall–Kier alpha value is -0.610. The number of aliphatic hydroxyl groups is 1. The van der Waals surface area contributed by atoms with Gasteiger partial charge in [-0.15, -0.1) is 0 Å². The molecule has 18 heavy (non-hydrogen) atoms. The van der Waals surface area contributed by atoms with Crippen molar-refractivity contribution in [1.82, 2.24) is 0 Å². The standard InChI is InChI=1S/C14H27NO3/c1-5-9(6-2)8(3)12-11(15)7-10(13(12)16)14(17)18-4/h8-13,16H,5-7,15H2,1-4H3/t8-,10-,11+,12-,13+/m0/s1. The summed E-state index contributed by atoms with van der Waals surface area (Å²) >= 11 is 0. The Kier molecular flexibility index (Phi) is 5.60. The van der Waals surface area contributed by atoms with Crippen LogP contribution in [0.5, 0.6) is 0 Å². The molecule has 0 aromatic carbocycles. The summed E-state index contributed by atoms with van der Waals surface area (Å²) in [6, 6.07) is -0.111. The molecule has 0 spiro atoms. The number of carbonyl (C=O) groups is 1. The molecule has 0 heterocycles. The van der Waals surface area contributed by atoms with Crippen LogP contribution in [0.4, 0.5) is 0 Å². The van der Waals surface area contributed by atoms with Crippen molar-refractivity contribution >= 4 is 5.97 Å². The molecule has 0 aromatic rings. The molecular formula is C14H27NO3. The maximum absolute atomic E-state index is 11.6. The average molecular weight is 257 g/mol. The zero-order chi connectivity index (χ0) is 13.9. The summed E-state index contributed by atoms with van der Waals surface area (Å²) in [6.45, 7) is 6.47. The third-order valence-electron chi connectivity index (χ3n) is 4.73. The number of carbonyl (C=O) groups excluding carboxylic acids is 1. The van der Waals surface area contributed by atoms with E-state index in [2.05, 4.69) is 20.8 Å². The molecule has 0 bridgehead atoms. The van der Waals surface area contributed by atoms with Crippen LogP contribution >= 0.6 is 0 Å². The molecule has 4 heteroatoms. The van der Waals surface area contributed by atoms with E-state index in [1.54, 1.807) is 0 Å². The average Bonchev–Trinajstić information content (AvgIpc) is 2.65. The van der Waals surface area contributed by atoms with Crippen LogP contribution in [0.2, 0.25) is 0 Å². The number of hydrogen-bond donors (Lipinski definition) is 2. The van der Waals surface area contributed by atoms with E-state index < -0.39 is 12.0 Å². The summed E-state index contributed by atoms with van der Waals surface area (Å²) in [4.78, 5) is 11.6. The second-order valence-electron chi connectivity index (χ2n) is 5.53. The summed E-state index contributed by atoms with van der Waals surface area (Å²) in [5.41, 5.74) is 6.13. The monoisotopic (exact) mass is 257 g/mol. The molecule has 0 saturated heterocycles. The number of rotatable bonds is 5. The van der Waals surface area contributed by atoms with Crippen LogP contribution in [-0.2, 0) is 9.53 Å². The van der Waals surface area contributed by atoms with Gasteiger partial charge in [-0.3, -0.25) is 4.79 Å². The molecule has 1 aliphatic rings. The first kappa shape index (κ1) is 15.4. The van der Waals surface area contributed by atoms with Gasteiger partial charge in [0.2, 0.25) is 0 Å². The minimum absolute atomic E-state index is 0.000926. The number of hydrogen-bond acceptors (Lipinski definition) is 4. The molecule has 1 fully saturated rings. The molecule has 106 valence electrons. The smallest absolute Gasteiger partial charge is 0.311 e. The van der Waals surface area contributed by atoms with E-state index in [1.165, 1.54) is 7.11 Å². The zero-order valence-electron chi connectivity index (χ0n) is 11.9. The fraction of sp³-hybridized carbons (Fsp3) is 0.929. The fourth-order valence-electron chi connectivity index (χ4n) is 3.55. The van der Waals surface area contributed by atoms with Gasteiger partial charge < -0.3 is 15.6 Å². The summed E-state index contributed by atoms with van der Waals surface area (Å²) in [5.74, 6) is 0.0924. The molecular weight excluding hydrogens is 230 g/mol. The maximum Gasteiger partial charge on any atom is 0.311 e. The van der Waals surface area contributed by atoms with Crippen LogP contribution in [0.1, 0.15) is 40.0 Å². The Morgan fingerprint density at radius 3 is 2.44 bits per heavy atom. The minimum Gasteiger partial charge on any atom is -0.469 e. The van der Waals surface area contributed by atoms with Gasteiger partial charge in [-0.05, 0) is 18.3 Å². The van der Waals surface area contributed by atoms with E-state index in [-0.39, 0.29) is 17.9 Å². The normalized spacial score (nSPS) is 33.7. The second-order valence-corrected chi connectivity index (χ2v) is 5.53. The zero-order valence-corrected chi connectivity index (χ0v) is 11.9. The molecule has 0 aliphatic heterocycles. The van der Waals surface area contributed by atoms with Crippen molar-refractivity contribution < 1.29 is 14.6 Å². The van der Waals surface area contributed by atoms with Crippen LogP contribution in [0.15, 0.2) is 0 Å². The third kappa shape index (κ3) is 2.86. The Labute approximate surface area is 110 Å². The van der Waals surface area contributed by atoms with E-state index in [0.29, 0.717) is 18.3 Å². The molecule has 1 saturated carbocycles. The van der Waals surface area contributed by atoms with Crippen molar-refractivity contribution in [2.24, 2.45) is 29.4 Å². The van der Waals surface area contributed by atoms with Crippen molar-refractivity contribution in [3.05, 3.63) is 0 Å². The van der Waals surface area contributed by atoms with Crippen LogP contribution in [0.3, 0.4) is 0 Å². The van der Waals surface area contributed by atoms with Crippen molar-refractivity contribution in [3.63, 3.8) is 0 Å². The van der Waals surface area contributed by atoms with E-state index in [9.17, 15) is 9.90 Å². The summed E-state index contributed by atoms with van der Waals surface area (Å²) in [5, 5.41) is 10.4. The van der Waals surface area contributed by atoms with Gasteiger partial charge in [0.05, 0.1) is 19.1 Å². The number of methoxy groups -OCH3 is 1. The molecule has 0 unspecified atom stereocenters. The number of aliphatic hydroxyl groups excluding tert-OH is 1. The molecule has 1 aliphatic carbocycles. The lowest BCUT2D eigenvalue weighted by Gasteiger charge is -2.32. The summed E-state index contributed by atoms with van der Waals surface area (Å²) in [6.07, 6.45) is 2.03. The molecule has 0 amide bonds. The highest BCUT2D eigenvalue weighted by molar-refractivity contribution is 5.73. The SMILES string of the molecule is CCC(CC)[C@H](C)[C@@H]1[C@H](O)[C@@H](C(=O)OC)C[C@H]1N. The highest BCUT2D eigenvalue weighted by Crippen LogP contribution is 2.40. The predicted molar refractivity (Wildman–Crippen MR) is 70.8 cm³/mol. The van der Waals surface area contributed by atoms with Crippen LogP contribution in [0.25, 0.3) is 0 Å². The molecule has 3 N–H and O–H groups in total. The minimum atomic E-state index is -0.664. The van der Waals surface area contributed by atoms with Crippen molar-refractivity contribution in [3.8, 4) is 0 Å². The third-order valence-corrected chi connectivity index (χ3v) is 4.73. The highest BCUT2D eigenvalue weighted by atomic mass is 16.5. The van der Waals surface area contributed by atoms with Crippen LogP contribution in [-0.4, -0.2) is 30.3 Å². The van der Waals surface area contributed by atoms with E-state index in [0.717, 1.165) is 12.8 Å². The maximum atomic E-state index is 11.6. The lowest BCUT2D eigenvalue weighted by atomic mass is 9.76. The topological polar surface area (TPSA) is 72.5 Å². The predicted octanol–water partition coefficient (Wildman–Crippen LogP) is 1.56. The van der Waals surface area contributed by atoms with Gasteiger partial charge in [0.15, 0.2) is 0 Å². The Balaban J connectivity index is 2.80. The second kappa shape index (κ2) is 6.53. The largest absolute Gasteiger partial charge is 0.469 e. The molecule has 5 atom stereocenters. The molecule has 4 nitrogen and oxygen atoms in total. The Bertz CT molecular complexity index is 278. The van der Waals surface area contributed by atoms with Gasteiger partial charge in [-0.2, -0.15) is 0 Å². The van der Waals surface area contributed by atoms with Crippen molar-refractivity contribution in [1.29, 1.82) is 0 Å². The number of esters is 1. The van der Waals surface area contributed by atoms with Crippen molar-refractivity contribution in [2.75, 3.05) is 7.11 Å². The van der Waals surface area contributed by atoms with Crippen LogP contribution in [0, 0.1) is 23.7 Å². The highest BCUT2D eigenvalue weighted by Gasteiger charge is 2.47. The summed E-state index contributed by atoms with van der Waals surface area (Å²) < 4.78 is 4.74. The first-order valence-electron chi connectivity index (χ1n) is 6.99. The molecule has 0 aromatic heterocycles. The Morgan fingerprint density at radius 1 is 1.44 bits per heavy atom. The van der Waals surface area contributed by atoms with Crippen molar-refractivity contribution in [2.45, 2.75) is 52.2 Å². The first-order valence-corrected chi connectivity index (χ1v) is 6.99. The lowest BCUT2D eigenvalue weighted by molar-refractivity contribution is -0.149. The first-order chi connectivity index (χ1) is 8.47. The van der Waals surface area contributed by atoms with Gasteiger partial charge in [0, 0.05) is 12.0 Å². The summed E-state index contributed by atoms with van der Waals surface area (Å²) in [7, 11) is 1.36. The Morgan fingerprint density at radius 2 is 2.00 bits per heavy atom. The van der Waals surface area contributed by atoms with E-state index >= 15 is 0 Å². The number of ether oxygens (including phenoxy) is 1. The molecule has 0 radical (unpaired) electrons. The van der Waals surface area contributed by atoms with E-state index in [4.69, 9.17) is 10.5 Å². The molecule has 1 rings (SSSR count). The van der Waals surface area contributed by atoms with E-state index in [1.807, 2.05) is 0 Å². The van der Waals surface area contributed by atoms with Gasteiger partial charge in [0.1, 0.15) is 0 Å². The number of nitrogens with two attached hydrogens (primary N) is 1. The van der Waals surface area contributed by atoms with Gasteiger partial charge in [-0.25, -0.2) is 0 Å². The van der Waals surface area contributed by atoms with Crippen LogP contribution < -0.4 is 5.73 Å². The van der Waals surface area contributed by atoms with Gasteiger partial charge in [-0.1, -0.05) is 33.6 Å².